The third kappa shape index (κ3) is 1.60. The maximum atomic E-state index is 12.0. The average Bonchev–Trinajstić information content (AvgIpc) is 2.77. The second-order valence-corrected chi connectivity index (χ2v) is 4.83. The molecule has 2 heterocycles. The largest absolute Gasteiger partial charge is 0.317 e. The molecule has 2 aliphatic rings. The second kappa shape index (κ2) is 4.28. The second-order valence-electron chi connectivity index (χ2n) is 4.57. The zero-order valence-electron chi connectivity index (χ0n) is 9.80. The number of hydrogen-bond acceptors (Lipinski definition) is 2. The molecule has 0 saturated carbocycles. The number of nitrogens with zero attached hydrogens (tertiary/aromatic N) is 2. The summed E-state index contributed by atoms with van der Waals surface area (Å²) in [7, 11) is 0. The van der Waals surface area contributed by atoms with Gasteiger partial charge in [0.25, 0.3) is 0 Å². The van der Waals surface area contributed by atoms with E-state index in [0.717, 1.165) is 11.3 Å². The highest BCUT2D eigenvalue weighted by Gasteiger charge is 2.41. The lowest BCUT2D eigenvalue weighted by Crippen LogP contribution is -2.52. The van der Waals surface area contributed by atoms with Gasteiger partial charge >= 0.3 is 0 Å². The number of alkyl halides is 1. The molecule has 1 aromatic rings. The molecule has 94 valence electrons. The molecule has 1 atom stereocenters. The molecule has 0 spiro atoms. The summed E-state index contributed by atoms with van der Waals surface area (Å²) < 4.78 is 0. The van der Waals surface area contributed by atoms with E-state index in [1.54, 1.807) is 9.80 Å². The van der Waals surface area contributed by atoms with Crippen molar-refractivity contribution >= 4 is 29.1 Å². The van der Waals surface area contributed by atoms with Crippen molar-refractivity contribution in [2.24, 2.45) is 0 Å². The molecule has 1 saturated heterocycles. The van der Waals surface area contributed by atoms with Crippen LogP contribution in [0.5, 0.6) is 0 Å². The average molecular weight is 265 g/mol. The van der Waals surface area contributed by atoms with E-state index in [1.165, 1.54) is 0 Å². The molecule has 5 heteroatoms. The zero-order valence-corrected chi connectivity index (χ0v) is 10.6. The minimum absolute atomic E-state index is 0.0626. The van der Waals surface area contributed by atoms with E-state index in [1.807, 2.05) is 24.3 Å². The highest BCUT2D eigenvalue weighted by atomic mass is 35.5. The van der Waals surface area contributed by atoms with Crippen LogP contribution in [0.25, 0.3) is 0 Å². The lowest BCUT2D eigenvalue weighted by Gasteiger charge is -2.40. The number of para-hydroxylation sites is 1. The molecule has 4 nitrogen and oxygen atoms in total. The van der Waals surface area contributed by atoms with Crippen LogP contribution < -0.4 is 4.90 Å². The molecule has 1 unspecified atom stereocenters. The number of carbonyl (C=O) groups is 2. The van der Waals surface area contributed by atoms with Gasteiger partial charge in [-0.2, -0.15) is 0 Å². The zero-order chi connectivity index (χ0) is 12.7. The van der Waals surface area contributed by atoms with Crippen molar-refractivity contribution in [1.29, 1.82) is 0 Å². The summed E-state index contributed by atoms with van der Waals surface area (Å²) in [6.45, 7) is 0.589. The lowest BCUT2D eigenvalue weighted by molar-refractivity contribution is -0.130. The van der Waals surface area contributed by atoms with Crippen molar-refractivity contribution in [1.82, 2.24) is 4.90 Å². The van der Waals surface area contributed by atoms with Crippen LogP contribution in [-0.4, -0.2) is 28.8 Å². The minimum atomic E-state index is -0.154. The fraction of sp³-hybridized carbons (Fsp3) is 0.385. The Kier molecular flexibility index (Phi) is 2.74. The summed E-state index contributed by atoms with van der Waals surface area (Å²) in [4.78, 5) is 27.3. The third-order valence-corrected chi connectivity index (χ3v) is 3.80. The van der Waals surface area contributed by atoms with Gasteiger partial charge in [-0.1, -0.05) is 18.2 Å². The van der Waals surface area contributed by atoms with Crippen molar-refractivity contribution in [2.75, 3.05) is 10.8 Å². The van der Waals surface area contributed by atoms with Gasteiger partial charge in [0.05, 0.1) is 5.69 Å². The summed E-state index contributed by atoms with van der Waals surface area (Å²) >= 11 is 5.68. The molecule has 1 aromatic carbocycles. The van der Waals surface area contributed by atoms with Gasteiger partial charge in [-0.25, -0.2) is 0 Å². The summed E-state index contributed by atoms with van der Waals surface area (Å²) in [5, 5.41) is 0. The predicted octanol–water partition coefficient (Wildman–Crippen LogP) is 1.72. The molecule has 1 fully saturated rings. The van der Waals surface area contributed by atoms with Gasteiger partial charge in [0.1, 0.15) is 12.0 Å². The molecule has 0 radical (unpaired) electrons. The van der Waals surface area contributed by atoms with Crippen LogP contribution in [0.2, 0.25) is 0 Å². The minimum Gasteiger partial charge on any atom is -0.317 e. The SMILES string of the molecule is O=C1CCC2N1Cc1ccccc1N2C(=O)CCl. The summed E-state index contributed by atoms with van der Waals surface area (Å²) in [5.41, 5.74) is 1.89. The molecule has 0 aromatic heterocycles. The van der Waals surface area contributed by atoms with Crippen LogP contribution in [0.4, 0.5) is 5.69 Å². The highest BCUT2D eigenvalue weighted by molar-refractivity contribution is 6.29. The first-order chi connectivity index (χ1) is 8.72. The number of halogens is 1. The number of fused-ring (bicyclic) bond motifs is 2. The van der Waals surface area contributed by atoms with Crippen molar-refractivity contribution in [2.45, 2.75) is 25.6 Å². The van der Waals surface area contributed by atoms with Crippen LogP contribution in [0.3, 0.4) is 0 Å². The number of hydrogen-bond donors (Lipinski definition) is 0. The smallest absolute Gasteiger partial charge is 0.243 e. The van der Waals surface area contributed by atoms with E-state index < -0.39 is 0 Å². The number of benzene rings is 1. The van der Waals surface area contributed by atoms with E-state index in [-0.39, 0.29) is 23.9 Å². The molecule has 3 rings (SSSR count). The standard InChI is InChI=1S/C13H13ClN2O2/c14-7-13(18)16-10-4-2-1-3-9(10)8-15-11(16)5-6-12(15)17/h1-4,11H,5-8H2. The highest BCUT2D eigenvalue weighted by Crippen LogP contribution is 2.36. The molecule has 2 amide bonds. The van der Waals surface area contributed by atoms with E-state index in [2.05, 4.69) is 0 Å². The van der Waals surface area contributed by atoms with Gasteiger partial charge < -0.3 is 4.90 Å². The van der Waals surface area contributed by atoms with E-state index in [0.29, 0.717) is 19.4 Å². The first-order valence-electron chi connectivity index (χ1n) is 5.98. The maximum absolute atomic E-state index is 12.0. The first kappa shape index (κ1) is 11.5. The van der Waals surface area contributed by atoms with Gasteiger partial charge in [0, 0.05) is 13.0 Å². The van der Waals surface area contributed by atoms with Gasteiger partial charge in [-0.3, -0.25) is 14.5 Å². The van der Waals surface area contributed by atoms with Gasteiger partial charge in [-0.15, -0.1) is 11.6 Å². The number of carbonyl (C=O) groups excluding carboxylic acids is 2. The molecular formula is C13H13ClN2O2. The lowest BCUT2D eigenvalue weighted by atomic mass is 10.1. The Morgan fingerprint density at radius 2 is 2.17 bits per heavy atom. The van der Waals surface area contributed by atoms with E-state index >= 15 is 0 Å². The first-order valence-corrected chi connectivity index (χ1v) is 6.51. The molecule has 0 bridgehead atoms. The Bertz CT molecular complexity index is 517. The van der Waals surface area contributed by atoms with Crippen LogP contribution in [0.1, 0.15) is 18.4 Å². The van der Waals surface area contributed by atoms with Crippen molar-refractivity contribution in [3.05, 3.63) is 29.8 Å². The van der Waals surface area contributed by atoms with Crippen molar-refractivity contribution in [3.63, 3.8) is 0 Å². The number of rotatable bonds is 1. The van der Waals surface area contributed by atoms with Crippen LogP contribution in [0.15, 0.2) is 24.3 Å². The van der Waals surface area contributed by atoms with Crippen LogP contribution in [0, 0.1) is 0 Å². The normalized spacial score (nSPS) is 21.8. The maximum Gasteiger partial charge on any atom is 0.243 e. The summed E-state index contributed by atoms with van der Waals surface area (Å²) in [6.07, 6.45) is 1.04. The number of anilines is 1. The Morgan fingerprint density at radius 3 is 2.94 bits per heavy atom. The molecule has 2 aliphatic heterocycles. The fourth-order valence-electron chi connectivity index (χ4n) is 2.77. The quantitative estimate of drug-likeness (QED) is 0.725. The monoisotopic (exact) mass is 264 g/mol. The van der Waals surface area contributed by atoms with Crippen molar-refractivity contribution in [3.8, 4) is 0 Å². The van der Waals surface area contributed by atoms with Gasteiger partial charge in [0.15, 0.2) is 0 Å². The number of amides is 2. The molecule has 18 heavy (non-hydrogen) atoms. The fourth-order valence-corrected chi connectivity index (χ4v) is 2.90. The van der Waals surface area contributed by atoms with Gasteiger partial charge in [-0.05, 0) is 18.1 Å². The Balaban J connectivity index is 2.08. The van der Waals surface area contributed by atoms with Crippen LogP contribution >= 0.6 is 11.6 Å². The van der Waals surface area contributed by atoms with Gasteiger partial charge in [0.2, 0.25) is 11.8 Å². The Labute approximate surface area is 110 Å². The Morgan fingerprint density at radius 1 is 1.39 bits per heavy atom. The molecular weight excluding hydrogens is 252 g/mol. The van der Waals surface area contributed by atoms with Crippen molar-refractivity contribution < 1.29 is 9.59 Å². The summed E-state index contributed by atoms with van der Waals surface area (Å²) in [6, 6.07) is 7.69. The third-order valence-electron chi connectivity index (χ3n) is 3.57. The molecule has 0 N–H and O–H groups in total. The molecule has 0 aliphatic carbocycles. The van der Waals surface area contributed by atoms with E-state index in [4.69, 9.17) is 11.6 Å². The van der Waals surface area contributed by atoms with Crippen LogP contribution in [-0.2, 0) is 16.1 Å². The predicted molar refractivity (Wildman–Crippen MR) is 68.2 cm³/mol. The Hall–Kier alpha value is -1.55. The topological polar surface area (TPSA) is 40.6 Å². The van der Waals surface area contributed by atoms with E-state index in [9.17, 15) is 9.59 Å². The summed E-state index contributed by atoms with van der Waals surface area (Å²) in [5.74, 6) is -0.0947.